The Labute approximate surface area is 110 Å². The Morgan fingerprint density at radius 3 is 2.72 bits per heavy atom. The lowest BCUT2D eigenvalue weighted by molar-refractivity contribution is -0.136. The summed E-state index contributed by atoms with van der Waals surface area (Å²) in [6, 6.07) is 2.84. The Kier molecular flexibility index (Phi) is 5.88. The summed E-state index contributed by atoms with van der Waals surface area (Å²) in [6.07, 6.45) is -2.68. The van der Waals surface area contributed by atoms with Gasteiger partial charge in [0.2, 0.25) is 0 Å². The van der Waals surface area contributed by atoms with Crippen molar-refractivity contribution in [2.45, 2.75) is 38.4 Å². The standard InChI is InChI=1S/C12H16ClF3N2/c1-2-7-17-10(5-6-12(14,15)16)11-9(13)4-3-8-18-11/h3-4,8,10,17H,2,5-7H2,1H3. The highest BCUT2D eigenvalue weighted by atomic mass is 35.5. The number of aromatic nitrogens is 1. The molecule has 0 aromatic carbocycles. The van der Waals surface area contributed by atoms with Gasteiger partial charge in [-0.2, -0.15) is 13.2 Å². The van der Waals surface area contributed by atoms with Crippen LogP contribution in [-0.4, -0.2) is 17.7 Å². The molecule has 1 N–H and O–H groups in total. The van der Waals surface area contributed by atoms with Crippen molar-refractivity contribution in [3.63, 3.8) is 0 Å². The maximum Gasteiger partial charge on any atom is 0.389 e. The van der Waals surface area contributed by atoms with E-state index in [9.17, 15) is 13.2 Å². The van der Waals surface area contributed by atoms with Gasteiger partial charge < -0.3 is 5.32 Å². The van der Waals surface area contributed by atoms with Gasteiger partial charge >= 0.3 is 6.18 Å². The minimum absolute atomic E-state index is 0.0553. The summed E-state index contributed by atoms with van der Waals surface area (Å²) in [5.41, 5.74) is 0.483. The van der Waals surface area contributed by atoms with E-state index < -0.39 is 18.6 Å². The quantitative estimate of drug-likeness (QED) is 0.848. The number of rotatable bonds is 6. The van der Waals surface area contributed by atoms with E-state index in [2.05, 4.69) is 10.3 Å². The van der Waals surface area contributed by atoms with Crippen LogP contribution in [0.4, 0.5) is 13.2 Å². The molecule has 6 heteroatoms. The molecule has 0 amide bonds. The highest BCUT2D eigenvalue weighted by Gasteiger charge is 2.29. The van der Waals surface area contributed by atoms with Crippen molar-refractivity contribution in [2.75, 3.05) is 6.54 Å². The fourth-order valence-electron chi connectivity index (χ4n) is 1.62. The number of pyridine rings is 1. The Morgan fingerprint density at radius 2 is 2.17 bits per heavy atom. The van der Waals surface area contributed by atoms with Crippen molar-refractivity contribution in [1.82, 2.24) is 10.3 Å². The Bertz CT molecular complexity index is 369. The van der Waals surface area contributed by atoms with Gasteiger partial charge in [0.05, 0.1) is 16.8 Å². The van der Waals surface area contributed by atoms with Gasteiger partial charge in [-0.25, -0.2) is 0 Å². The van der Waals surface area contributed by atoms with Crippen LogP contribution in [0.3, 0.4) is 0 Å². The van der Waals surface area contributed by atoms with Gasteiger partial charge in [0.15, 0.2) is 0 Å². The maximum atomic E-state index is 12.3. The number of halogens is 4. The van der Waals surface area contributed by atoms with Crippen molar-refractivity contribution in [3.05, 3.63) is 29.0 Å². The van der Waals surface area contributed by atoms with Crippen LogP contribution in [0.15, 0.2) is 18.3 Å². The monoisotopic (exact) mass is 280 g/mol. The van der Waals surface area contributed by atoms with Gasteiger partial charge in [-0.05, 0) is 31.5 Å². The third kappa shape index (κ3) is 5.23. The van der Waals surface area contributed by atoms with Gasteiger partial charge in [-0.1, -0.05) is 18.5 Å². The molecule has 102 valence electrons. The summed E-state index contributed by atoms with van der Waals surface area (Å²) in [6.45, 7) is 2.59. The smallest absolute Gasteiger partial charge is 0.309 e. The van der Waals surface area contributed by atoms with Gasteiger partial charge in [0.25, 0.3) is 0 Å². The minimum atomic E-state index is -4.16. The molecule has 1 atom stereocenters. The van der Waals surface area contributed by atoms with E-state index in [0.29, 0.717) is 17.3 Å². The number of hydrogen-bond acceptors (Lipinski definition) is 2. The second kappa shape index (κ2) is 6.95. The lowest BCUT2D eigenvalue weighted by Gasteiger charge is -2.19. The number of hydrogen-bond donors (Lipinski definition) is 1. The van der Waals surface area contributed by atoms with Gasteiger partial charge in [-0.3, -0.25) is 4.98 Å². The van der Waals surface area contributed by atoms with Crippen LogP contribution in [0.25, 0.3) is 0 Å². The van der Waals surface area contributed by atoms with Gasteiger partial charge in [0.1, 0.15) is 0 Å². The van der Waals surface area contributed by atoms with Crippen molar-refractivity contribution in [2.24, 2.45) is 0 Å². The second-order valence-electron chi connectivity index (χ2n) is 4.03. The Balaban J connectivity index is 2.75. The summed E-state index contributed by atoms with van der Waals surface area (Å²) in [4.78, 5) is 4.07. The molecule has 18 heavy (non-hydrogen) atoms. The van der Waals surface area contributed by atoms with E-state index in [-0.39, 0.29) is 6.42 Å². The van der Waals surface area contributed by atoms with Crippen LogP contribution in [0.2, 0.25) is 5.02 Å². The molecule has 0 aliphatic carbocycles. The molecule has 1 heterocycles. The highest BCUT2D eigenvalue weighted by Crippen LogP contribution is 2.29. The van der Waals surface area contributed by atoms with Crippen molar-refractivity contribution >= 4 is 11.6 Å². The van der Waals surface area contributed by atoms with Crippen LogP contribution in [0.1, 0.15) is 37.9 Å². The number of nitrogens with one attached hydrogen (secondary N) is 1. The van der Waals surface area contributed by atoms with E-state index in [0.717, 1.165) is 6.42 Å². The van der Waals surface area contributed by atoms with Crippen LogP contribution in [0, 0.1) is 0 Å². The van der Waals surface area contributed by atoms with E-state index >= 15 is 0 Å². The molecule has 0 saturated heterocycles. The molecule has 0 aliphatic heterocycles. The van der Waals surface area contributed by atoms with Crippen LogP contribution in [-0.2, 0) is 0 Å². The molecule has 0 spiro atoms. The van der Waals surface area contributed by atoms with Crippen molar-refractivity contribution in [1.29, 1.82) is 0 Å². The summed E-state index contributed by atoms with van der Waals surface area (Å²) in [5.74, 6) is 0. The van der Waals surface area contributed by atoms with Gasteiger partial charge in [0, 0.05) is 12.6 Å². The molecule has 1 rings (SSSR count). The molecular weight excluding hydrogens is 265 g/mol. The normalized spacial score (nSPS) is 13.6. The first kappa shape index (κ1) is 15.2. The molecule has 0 aliphatic rings. The first-order valence-corrected chi connectivity index (χ1v) is 6.22. The predicted octanol–water partition coefficient (Wildman–Crippen LogP) is 4.12. The summed E-state index contributed by atoms with van der Waals surface area (Å²) >= 11 is 5.96. The van der Waals surface area contributed by atoms with E-state index in [4.69, 9.17) is 11.6 Å². The number of nitrogens with zero attached hydrogens (tertiary/aromatic N) is 1. The third-order valence-electron chi connectivity index (χ3n) is 2.47. The van der Waals surface area contributed by atoms with Crippen molar-refractivity contribution < 1.29 is 13.2 Å². The number of alkyl halides is 3. The first-order valence-electron chi connectivity index (χ1n) is 5.84. The average Bonchev–Trinajstić information content (AvgIpc) is 2.29. The highest BCUT2D eigenvalue weighted by molar-refractivity contribution is 6.31. The lowest BCUT2D eigenvalue weighted by Crippen LogP contribution is -2.25. The molecule has 0 radical (unpaired) electrons. The first-order chi connectivity index (χ1) is 8.44. The molecule has 1 aromatic rings. The maximum absolute atomic E-state index is 12.3. The molecule has 1 unspecified atom stereocenters. The topological polar surface area (TPSA) is 24.9 Å². The fourth-order valence-corrected chi connectivity index (χ4v) is 1.87. The summed E-state index contributed by atoms with van der Waals surface area (Å²) < 4.78 is 36.8. The van der Waals surface area contributed by atoms with Gasteiger partial charge in [-0.15, -0.1) is 0 Å². The zero-order chi connectivity index (χ0) is 13.6. The largest absolute Gasteiger partial charge is 0.389 e. The molecule has 2 nitrogen and oxygen atoms in total. The van der Waals surface area contributed by atoms with E-state index in [1.165, 1.54) is 6.20 Å². The molecular formula is C12H16ClF3N2. The molecule has 0 fully saturated rings. The van der Waals surface area contributed by atoms with E-state index in [1.807, 2.05) is 6.92 Å². The Morgan fingerprint density at radius 1 is 1.44 bits per heavy atom. The zero-order valence-corrected chi connectivity index (χ0v) is 10.9. The lowest BCUT2D eigenvalue weighted by atomic mass is 10.1. The third-order valence-corrected chi connectivity index (χ3v) is 2.79. The summed E-state index contributed by atoms with van der Waals surface area (Å²) in [5, 5.41) is 3.45. The molecule has 1 aromatic heterocycles. The Hall–Kier alpha value is -0.810. The van der Waals surface area contributed by atoms with Crippen molar-refractivity contribution in [3.8, 4) is 0 Å². The zero-order valence-electron chi connectivity index (χ0n) is 10.1. The van der Waals surface area contributed by atoms with E-state index in [1.54, 1.807) is 12.1 Å². The summed E-state index contributed by atoms with van der Waals surface area (Å²) in [7, 11) is 0. The fraction of sp³-hybridized carbons (Fsp3) is 0.583. The second-order valence-corrected chi connectivity index (χ2v) is 4.44. The predicted molar refractivity (Wildman–Crippen MR) is 65.6 cm³/mol. The molecule has 0 bridgehead atoms. The molecule has 0 saturated carbocycles. The SMILES string of the molecule is CCCNC(CCC(F)(F)F)c1ncccc1Cl. The van der Waals surface area contributed by atoms with Crippen LogP contribution in [0.5, 0.6) is 0 Å². The minimum Gasteiger partial charge on any atom is -0.309 e. The van der Waals surface area contributed by atoms with Crippen LogP contribution < -0.4 is 5.32 Å². The average molecular weight is 281 g/mol. The van der Waals surface area contributed by atoms with Crippen LogP contribution >= 0.6 is 11.6 Å².